The largest absolute Gasteiger partial charge is 0.466 e. The average molecular weight is 802 g/mol. The number of hydrogen-bond acceptors (Lipinski definition) is 5. The smallest absolute Gasteiger partial charge is 0.305 e. The van der Waals surface area contributed by atoms with Crippen molar-refractivity contribution >= 4 is 11.9 Å². The van der Waals surface area contributed by atoms with Crippen molar-refractivity contribution in [2.45, 2.75) is 264 Å². The number of amides is 1. The van der Waals surface area contributed by atoms with Gasteiger partial charge in [-0.15, -0.1) is 0 Å². The number of ether oxygens (including phenoxy) is 1. The minimum Gasteiger partial charge on any atom is -0.466 e. The Balaban J connectivity index is 3.53. The predicted molar refractivity (Wildman–Crippen MR) is 246 cm³/mol. The van der Waals surface area contributed by atoms with Crippen LogP contribution in [0.2, 0.25) is 0 Å². The molecule has 0 saturated carbocycles. The van der Waals surface area contributed by atoms with E-state index in [1.807, 2.05) is 0 Å². The molecule has 2 atom stereocenters. The van der Waals surface area contributed by atoms with Gasteiger partial charge in [0.2, 0.25) is 5.91 Å². The van der Waals surface area contributed by atoms with Crippen molar-refractivity contribution < 1.29 is 24.5 Å². The number of aliphatic hydroxyl groups is 2. The van der Waals surface area contributed by atoms with E-state index in [1.54, 1.807) is 0 Å². The van der Waals surface area contributed by atoms with Crippen LogP contribution in [0.15, 0.2) is 36.5 Å². The number of unbranched alkanes of at least 4 members (excludes halogenated alkanes) is 28. The molecule has 0 aromatic rings. The number of esters is 1. The number of nitrogens with one attached hydrogen (secondary N) is 1. The van der Waals surface area contributed by atoms with E-state index in [2.05, 4.69) is 55.6 Å². The van der Waals surface area contributed by atoms with Gasteiger partial charge in [0.05, 0.1) is 25.4 Å². The molecule has 334 valence electrons. The lowest BCUT2D eigenvalue weighted by atomic mass is 10.0. The highest BCUT2D eigenvalue weighted by molar-refractivity contribution is 5.76. The van der Waals surface area contributed by atoms with Gasteiger partial charge in [-0.2, -0.15) is 0 Å². The Hall–Kier alpha value is -1.92. The van der Waals surface area contributed by atoms with Crippen molar-refractivity contribution in [3.05, 3.63) is 36.5 Å². The first-order valence-corrected chi connectivity index (χ1v) is 24.7. The van der Waals surface area contributed by atoms with Gasteiger partial charge in [-0.3, -0.25) is 9.59 Å². The van der Waals surface area contributed by atoms with Crippen LogP contribution in [0.4, 0.5) is 0 Å². The highest BCUT2D eigenvalue weighted by Crippen LogP contribution is 2.15. The normalized spacial score (nSPS) is 13.0. The molecule has 0 heterocycles. The van der Waals surface area contributed by atoms with Crippen LogP contribution in [-0.4, -0.2) is 47.4 Å². The molecule has 0 radical (unpaired) electrons. The summed E-state index contributed by atoms with van der Waals surface area (Å²) >= 11 is 0. The lowest BCUT2D eigenvalue weighted by Gasteiger charge is -2.22. The van der Waals surface area contributed by atoms with E-state index in [-0.39, 0.29) is 18.5 Å². The molecule has 3 N–H and O–H groups in total. The van der Waals surface area contributed by atoms with Gasteiger partial charge in [-0.25, -0.2) is 0 Å². The monoisotopic (exact) mass is 802 g/mol. The quantitative estimate of drug-likeness (QED) is 0.0324. The van der Waals surface area contributed by atoms with Crippen molar-refractivity contribution in [3.63, 3.8) is 0 Å². The fourth-order valence-corrected chi connectivity index (χ4v) is 7.31. The zero-order valence-corrected chi connectivity index (χ0v) is 37.8. The van der Waals surface area contributed by atoms with Gasteiger partial charge in [0.25, 0.3) is 0 Å². The van der Waals surface area contributed by atoms with Gasteiger partial charge in [0.1, 0.15) is 0 Å². The number of hydrogen-bond donors (Lipinski definition) is 3. The first-order valence-electron chi connectivity index (χ1n) is 24.7. The highest BCUT2D eigenvalue weighted by Gasteiger charge is 2.20. The minimum atomic E-state index is -0.685. The van der Waals surface area contributed by atoms with E-state index in [9.17, 15) is 19.8 Å². The van der Waals surface area contributed by atoms with Gasteiger partial charge in [-0.05, 0) is 83.5 Å². The fourth-order valence-electron chi connectivity index (χ4n) is 7.31. The average Bonchev–Trinajstić information content (AvgIpc) is 3.21. The molecule has 0 spiro atoms. The van der Waals surface area contributed by atoms with Crippen LogP contribution in [-0.2, 0) is 14.3 Å². The van der Waals surface area contributed by atoms with Crippen molar-refractivity contribution in [1.82, 2.24) is 5.32 Å². The zero-order valence-electron chi connectivity index (χ0n) is 37.8. The van der Waals surface area contributed by atoms with Crippen molar-refractivity contribution in [2.75, 3.05) is 13.2 Å². The van der Waals surface area contributed by atoms with E-state index < -0.39 is 12.1 Å². The van der Waals surface area contributed by atoms with Crippen LogP contribution in [0.25, 0.3) is 0 Å². The number of aliphatic hydroxyl groups excluding tert-OH is 2. The fraction of sp³-hybridized carbons (Fsp3) is 0.843. The van der Waals surface area contributed by atoms with Crippen LogP contribution >= 0.6 is 0 Å². The summed E-state index contributed by atoms with van der Waals surface area (Å²) in [4.78, 5) is 24.4. The third-order valence-electron chi connectivity index (χ3n) is 11.2. The molecule has 57 heavy (non-hydrogen) atoms. The van der Waals surface area contributed by atoms with Gasteiger partial charge in [-0.1, -0.05) is 192 Å². The second-order valence-electron chi connectivity index (χ2n) is 16.8. The summed E-state index contributed by atoms with van der Waals surface area (Å²) in [5.74, 6) is -0.118. The van der Waals surface area contributed by atoms with E-state index >= 15 is 0 Å². The summed E-state index contributed by atoms with van der Waals surface area (Å²) in [6.45, 7) is 4.83. The molecule has 2 unspecified atom stereocenters. The molecule has 6 heteroatoms. The Bertz CT molecular complexity index is 931. The van der Waals surface area contributed by atoms with Gasteiger partial charge < -0.3 is 20.3 Å². The Morgan fingerprint density at radius 2 is 0.877 bits per heavy atom. The summed E-state index contributed by atoms with van der Waals surface area (Å²) in [6, 6.07) is -0.567. The number of allylic oxidation sites excluding steroid dienone is 6. The minimum absolute atomic E-state index is 0.0445. The molecule has 6 nitrogen and oxygen atoms in total. The molecule has 0 aliphatic carbocycles. The van der Waals surface area contributed by atoms with Crippen LogP contribution in [0.5, 0.6) is 0 Å². The Labute approximate surface area is 353 Å². The maximum atomic E-state index is 12.4. The summed E-state index contributed by atoms with van der Waals surface area (Å²) in [5, 5.41) is 23.1. The van der Waals surface area contributed by atoms with Crippen molar-refractivity contribution in [3.8, 4) is 0 Å². The topological polar surface area (TPSA) is 95.9 Å². The molecule has 0 rings (SSSR count). The van der Waals surface area contributed by atoms with E-state index in [4.69, 9.17) is 4.74 Å². The maximum Gasteiger partial charge on any atom is 0.305 e. The summed E-state index contributed by atoms with van der Waals surface area (Å²) in [6.07, 6.45) is 55.4. The second kappa shape index (κ2) is 46.8. The standard InChI is InChI=1S/C51H95NO5/c1-3-5-7-9-11-13-15-17-18-19-20-21-22-24-29-33-37-41-45-51(56)57-46-42-38-34-30-26-25-28-32-36-40-44-50(55)52-48(47-53)49(54)43-39-35-31-27-23-16-14-12-10-8-6-4-2/h13,15,18-19,26,30,48-49,53-54H,3-12,14,16-17,20-25,27-29,31-47H2,1-2H3,(H,52,55)/b15-13-,19-18-,30-26-. The Morgan fingerprint density at radius 1 is 0.491 bits per heavy atom. The highest BCUT2D eigenvalue weighted by atomic mass is 16.5. The summed E-state index contributed by atoms with van der Waals surface area (Å²) in [7, 11) is 0. The molecule has 0 aliphatic heterocycles. The van der Waals surface area contributed by atoms with E-state index in [0.29, 0.717) is 25.9 Å². The molecule has 0 aromatic carbocycles. The molecule has 0 bridgehead atoms. The number of carbonyl (C=O) groups is 2. The summed E-state index contributed by atoms with van der Waals surface area (Å²) < 4.78 is 5.43. The van der Waals surface area contributed by atoms with Crippen LogP contribution in [0.3, 0.4) is 0 Å². The molecule has 0 aromatic heterocycles. The van der Waals surface area contributed by atoms with Gasteiger partial charge >= 0.3 is 5.97 Å². The SMILES string of the molecule is CCCCCC/C=C\C/C=C\CCCCCCCCCC(=O)OCCCC/C=C\CCCCCCC(=O)NC(CO)C(O)CCCCCCCCCCCCCC. The van der Waals surface area contributed by atoms with Crippen LogP contribution < -0.4 is 5.32 Å². The molecule has 0 saturated heterocycles. The molecule has 1 amide bonds. The van der Waals surface area contributed by atoms with Gasteiger partial charge in [0.15, 0.2) is 0 Å². The third kappa shape index (κ3) is 43.5. The predicted octanol–water partition coefficient (Wildman–Crippen LogP) is 14.5. The first kappa shape index (κ1) is 55.1. The number of rotatable bonds is 45. The van der Waals surface area contributed by atoms with E-state index in [0.717, 1.165) is 83.5 Å². The third-order valence-corrected chi connectivity index (χ3v) is 11.2. The molecule has 0 fully saturated rings. The van der Waals surface area contributed by atoms with Crippen molar-refractivity contribution in [2.24, 2.45) is 0 Å². The summed E-state index contributed by atoms with van der Waals surface area (Å²) in [5.41, 5.74) is 0. The maximum absolute atomic E-state index is 12.4. The molecule has 0 aliphatic rings. The Kier molecular flexibility index (Phi) is 45.2. The second-order valence-corrected chi connectivity index (χ2v) is 16.8. The molecular weight excluding hydrogens is 707 g/mol. The lowest BCUT2D eigenvalue weighted by molar-refractivity contribution is -0.143. The first-order chi connectivity index (χ1) is 28.0. The number of carbonyl (C=O) groups excluding carboxylic acids is 2. The lowest BCUT2D eigenvalue weighted by Crippen LogP contribution is -2.45. The van der Waals surface area contributed by atoms with Crippen LogP contribution in [0, 0.1) is 0 Å². The zero-order chi connectivity index (χ0) is 41.5. The Morgan fingerprint density at radius 3 is 1.37 bits per heavy atom. The van der Waals surface area contributed by atoms with Crippen molar-refractivity contribution in [1.29, 1.82) is 0 Å². The van der Waals surface area contributed by atoms with Gasteiger partial charge in [0, 0.05) is 12.8 Å². The van der Waals surface area contributed by atoms with Crippen LogP contribution in [0.1, 0.15) is 251 Å². The van der Waals surface area contributed by atoms with E-state index in [1.165, 1.54) is 135 Å². The molecular formula is C51H95NO5.